The zero-order valence-corrected chi connectivity index (χ0v) is 26.0. The van der Waals surface area contributed by atoms with E-state index in [1.54, 1.807) is 18.2 Å². The van der Waals surface area contributed by atoms with Crippen LogP contribution >= 0.6 is 12.2 Å². The third-order valence-electron chi connectivity index (χ3n) is 7.43. The van der Waals surface area contributed by atoms with E-state index in [9.17, 15) is 8.42 Å². The summed E-state index contributed by atoms with van der Waals surface area (Å²) in [7, 11) is -3.77. The van der Waals surface area contributed by atoms with Crippen molar-refractivity contribution in [2.24, 2.45) is 22.7 Å². The van der Waals surface area contributed by atoms with E-state index in [0.29, 0.717) is 41.4 Å². The standard InChI is InChI=1S/C30H35N9O3S2/c1-3-39-16-20(4-8-24-14-21-13-19(28(31)32)5-11-26(21)42-24)22(17-39)15-34-27-12-18(2)35-29(37-27)38-30(43)36-23-6-9-25(10-7-23)44(33,40)41/h4-14,20,22H,3,15-17H2,1-2H3,(H3,31,32)(H2,33,40,41)(H3,34,35,36,37,38,43)/b8-4+. The number of furan rings is 1. The molecule has 1 aliphatic heterocycles. The van der Waals surface area contributed by atoms with Gasteiger partial charge in [0.1, 0.15) is 23.0 Å². The summed E-state index contributed by atoms with van der Waals surface area (Å²) in [6, 6.07) is 15.3. The molecule has 2 unspecified atom stereocenters. The van der Waals surface area contributed by atoms with Gasteiger partial charge in [0.15, 0.2) is 5.11 Å². The smallest absolute Gasteiger partial charge is 0.238 e. The fourth-order valence-electron chi connectivity index (χ4n) is 5.16. The van der Waals surface area contributed by atoms with Gasteiger partial charge < -0.3 is 31.0 Å². The summed E-state index contributed by atoms with van der Waals surface area (Å²) < 4.78 is 29.0. The van der Waals surface area contributed by atoms with Gasteiger partial charge in [-0.2, -0.15) is 4.98 Å². The first-order valence-electron chi connectivity index (χ1n) is 14.1. The lowest BCUT2D eigenvalue weighted by Crippen LogP contribution is -2.24. The largest absolute Gasteiger partial charge is 0.457 e. The molecule has 0 bridgehead atoms. The third-order valence-corrected chi connectivity index (χ3v) is 8.57. The first-order chi connectivity index (χ1) is 21.0. The molecule has 0 radical (unpaired) electrons. The predicted molar refractivity (Wildman–Crippen MR) is 178 cm³/mol. The normalized spacial score (nSPS) is 17.2. The Bertz CT molecular complexity index is 1820. The first-order valence-corrected chi connectivity index (χ1v) is 16.0. The number of nitrogens with zero attached hydrogens (tertiary/aromatic N) is 3. The average Bonchev–Trinajstić information content (AvgIpc) is 3.57. The van der Waals surface area contributed by atoms with Gasteiger partial charge in [0.25, 0.3) is 0 Å². The molecule has 0 aliphatic carbocycles. The molecule has 4 aromatic rings. The van der Waals surface area contributed by atoms with E-state index in [-0.39, 0.29) is 15.8 Å². The quantitative estimate of drug-likeness (QED) is 0.0842. The highest BCUT2D eigenvalue weighted by Crippen LogP contribution is 2.28. The van der Waals surface area contributed by atoms with E-state index >= 15 is 0 Å². The number of amidine groups is 1. The number of anilines is 3. The molecule has 0 saturated carbocycles. The zero-order valence-electron chi connectivity index (χ0n) is 24.4. The van der Waals surface area contributed by atoms with Crippen LogP contribution in [0.4, 0.5) is 17.5 Å². The Hall–Kier alpha value is -4.37. The number of nitrogen functional groups attached to an aromatic ring is 1. The van der Waals surface area contributed by atoms with Gasteiger partial charge in [-0.15, -0.1) is 0 Å². The number of sulfonamides is 1. The van der Waals surface area contributed by atoms with E-state index in [4.69, 9.17) is 32.9 Å². The van der Waals surface area contributed by atoms with Crippen LogP contribution in [0.15, 0.2) is 70.0 Å². The number of hydrogen-bond donors (Lipinski definition) is 6. The number of nitrogens with one attached hydrogen (secondary N) is 4. The lowest BCUT2D eigenvalue weighted by atomic mass is 9.95. The van der Waals surface area contributed by atoms with Gasteiger partial charge in [-0.1, -0.05) is 13.0 Å². The van der Waals surface area contributed by atoms with Crippen LogP contribution < -0.4 is 26.8 Å². The van der Waals surface area contributed by atoms with Crippen LogP contribution in [0.3, 0.4) is 0 Å². The summed E-state index contributed by atoms with van der Waals surface area (Å²) in [6.07, 6.45) is 4.24. The molecule has 14 heteroatoms. The third kappa shape index (κ3) is 7.77. The second kappa shape index (κ2) is 13.1. The van der Waals surface area contributed by atoms with E-state index in [1.807, 2.05) is 37.3 Å². The molecule has 3 heterocycles. The molecule has 2 aromatic heterocycles. The maximum absolute atomic E-state index is 11.5. The van der Waals surface area contributed by atoms with Gasteiger partial charge in [0.2, 0.25) is 16.0 Å². The van der Waals surface area contributed by atoms with Crippen molar-refractivity contribution in [3.05, 3.63) is 77.7 Å². The molecule has 1 aliphatic rings. The summed E-state index contributed by atoms with van der Waals surface area (Å²) in [5.41, 5.74) is 8.41. The fraction of sp³-hybridized carbons (Fsp3) is 0.267. The van der Waals surface area contributed by atoms with Crippen molar-refractivity contribution in [1.82, 2.24) is 14.9 Å². The topological polar surface area (TPSA) is 188 Å². The number of aromatic nitrogens is 2. The number of primary sulfonamides is 1. The molecular formula is C30H35N9O3S2. The number of benzene rings is 2. The van der Waals surface area contributed by atoms with E-state index < -0.39 is 10.0 Å². The zero-order chi connectivity index (χ0) is 31.4. The molecule has 44 heavy (non-hydrogen) atoms. The number of rotatable bonds is 10. The minimum absolute atomic E-state index is 0.0143. The number of aryl methyl sites for hydroxylation is 1. The Morgan fingerprint density at radius 1 is 1.14 bits per heavy atom. The first kappa shape index (κ1) is 31.1. The van der Waals surface area contributed by atoms with Gasteiger partial charge >= 0.3 is 0 Å². The van der Waals surface area contributed by atoms with Crippen LogP contribution in [0.1, 0.15) is 23.9 Å². The molecule has 230 valence electrons. The molecule has 12 nitrogen and oxygen atoms in total. The molecule has 8 N–H and O–H groups in total. The van der Waals surface area contributed by atoms with Crippen LogP contribution in [0.25, 0.3) is 17.0 Å². The van der Waals surface area contributed by atoms with Crippen molar-refractivity contribution in [1.29, 1.82) is 5.41 Å². The monoisotopic (exact) mass is 633 g/mol. The molecular weight excluding hydrogens is 599 g/mol. The molecule has 5 rings (SSSR count). The number of fused-ring (bicyclic) bond motifs is 1. The van der Waals surface area contributed by atoms with Crippen molar-refractivity contribution in [3.63, 3.8) is 0 Å². The Morgan fingerprint density at radius 2 is 1.91 bits per heavy atom. The van der Waals surface area contributed by atoms with Gasteiger partial charge in [-0.05, 0) is 92.1 Å². The molecule has 1 saturated heterocycles. The van der Waals surface area contributed by atoms with Crippen molar-refractivity contribution >= 4 is 67.7 Å². The van der Waals surface area contributed by atoms with Crippen molar-refractivity contribution in [3.8, 4) is 0 Å². The van der Waals surface area contributed by atoms with Crippen molar-refractivity contribution in [2.75, 3.05) is 42.1 Å². The van der Waals surface area contributed by atoms with Crippen LogP contribution in [-0.2, 0) is 10.0 Å². The number of likely N-dealkylation sites (tertiary alicyclic amines) is 1. The SMILES string of the molecule is CCN1CC(/C=C/c2cc3cc(C(=N)N)ccc3o2)C(CNc2cc(C)nc(NC(=S)Nc3ccc(S(N)(=O)=O)cc3)n2)C1. The molecule has 0 amide bonds. The number of nitrogens with two attached hydrogens (primary N) is 2. The summed E-state index contributed by atoms with van der Waals surface area (Å²) in [6.45, 7) is 7.63. The number of hydrogen-bond acceptors (Lipinski definition) is 9. The second-order valence-corrected chi connectivity index (χ2v) is 12.7. The van der Waals surface area contributed by atoms with Gasteiger partial charge in [-0.3, -0.25) is 5.41 Å². The summed E-state index contributed by atoms with van der Waals surface area (Å²) >= 11 is 5.41. The van der Waals surface area contributed by atoms with Gasteiger partial charge in [0.05, 0.1) is 4.90 Å². The fourth-order valence-corrected chi connectivity index (χ4v) is 5.88. The molecule has 2 atom stereocenters. The van der Waals surface area contributed by atoms with Gasteiger partial charge in [0, 0.05) is 48.0 Å². The maximum Gasteiger partial charge on any atom is 0.238 e. The Morgan fingerprint density at radius 3 is 2.61 bits per heavy atom. The van der Waals surface area contributed by atoms with Crippen LogP contribution in [0.2, 0.25) is 0 Å². The highest BCUT2D eigenvalue weighted by atomic mass is 32.2. The van der Waals surface area contributed by atoms with Crippen LogP contribution in [0, 0.1) is 24.2 Å². The Balaban J connectivity index is 1.22. The second-order valence-electron chi connectivity index (χ2n) is 10.7. The Kier molecular flexibility index (Phi) is 9.25. The predicted octanol–water partition coefficient (Wildman–Crippen LogP) is 3.96. The summed E-state index contributed by atoms with van der Waals surface area (Å²) in [5.74, 6) is 2.45. The van der Waals surface area contributed by atoms with E-state index in [1.165, 1.54) is 12.1 Å². The minimum Gasteiger partial charge on any atom is -0.457 e. The summed E-state index contributed by atoms with van der Waals surface area (Å²) in [4.78, 5) is 11.5. The average molecular weight is 634 g/mol. The summed E-state index contributed by atoms with van der Waals surface area (Å²) in [5, 5.41) is 23.5. The number of thiocarbonyl (C=S) groups is 1. The van der Waals surface area contributed by atoms with Crippen LogP contribution in [0.5, 0.6) is 0 Å². The Labute approximate surface area is 261 Å². The highest BCUT2D eigenvalue weighted by molar-refractivity contribution is 7.89. The molecule has 0 spiro atoms. The van der Waals surface area contributed by atoms with E-state index in [2.05, 4.69) is 43.8 Å². The highest BCUT2D eigenvalue weighted by Gasteiger charge is 2.30. The van der Waals surface area contributed by atoms with E-state index in [0.717, 1.165) is 42.1 Å². The lowest BCUT2D eigenvalue weighted by Gasteiger charge is -2.17. The van der Waals surface area contributed by atoms with Gasteiger partial charge in [-0.25, -0.2) is 18.5 Å². The molecule has 1 fully saturated rings. The lowest BCUT2D eigenvalue weighted by molar-refractivity contribution is 0.343. The minimum atomic E-state index is -3.77. The van der Waals surface area contributed by atoms with Crippen LogP contribution in [-0.4, -0.2) is 60.4 Å². The molecule has 2 aromatic carbocycles. The van der Waals surface area contributed by atoms with Crippen molar-refractivity contribution in [2.45, 2.75) is 18.7 Å². The van der Waals surface area contributed by atoms with Crippen molar-refractivity contribution < 1.29 is 12.8 Å². The maximum atomic E-state index is 11.5.